The fourth-order valence-corrected chi connectivity index (χ4v) is 3.78. The standard InChI is InChI=1S/C24H35N7.HI/c1-5-24(6-2,28-19(4)20-13-9-8-10-14-20)18-27-23(25-7-3)26-17-22-30-29-21-15-11-12-16-31(21)22;/h8-16,19,28H,5-7,17-18H2,1-4H3,(H2,25,26,27);1H. The van der Waals surface area contributed by atoms with Gasteiger partial charge < -0.3 is 16.0 Å². The molecule has 1 aromatic carbocycles. The molecule has 0 aliphatic heterocycles. The van der Waals surface area contributed by atoms with Crippen LogP contribution in [0.1, 0.15) is 58.0 Å². The summed E-state index contributed by atoms with van der Waals surface area (Å²) in [5.41, 5.74) is 2.10. The molecular weight excluding hydrogens is 513 g/mol. The summed E-state index contributed by atoms with van der Waals surface area (Å²) >= 11 is 0. The molecule has 0 saturated heterocycles. The fraction of sp³-hybridized carbons (Fsp3) is 0.458. The van der Waals surface area contributed by atoms with Gasteiger partial charge in [-0.25, -0.2) is 4.99 Å². The number of pyridine rings is 1. The first kappa shape index (κ1) is 26.1. The van der Waals surface area contributed by atoms with Crippen LogP contribution in [0.2, 0.25) is 0 Å². The lowest BCUT2D eigenvalue weighted by Crippen LogP contribution is -2.55. The van der Waals surface area contributed by atoms with Crippen LogP contribution in [0.15, 0.2) is 59.7 Å². The van der Waals surface area contributed by atoms with E-state index in [2.05, 4.69) is 84.2 Å². The number of hydrogen-bond acceptors (Lipinski definition) is 4. The molecule has 0 amide bonds. The van der Waals surface area contributed by atoms with Crippen LogP contribution in [0.4, 0.5) is 0 Å². The molecule has 32 heavy (non-hydrogen) atoms. The number of aromatic nitrogens is 3. The van der Waals surface area contributed by atoms with Crippen LogP contribution in [-0.2, 0) is 6.54 Å². The number of nitrogens with zero attached hydrogens (tertiary/aromatic N) is 4. The van der Waals surface area contributed by atoms with Gasteiger partial charge in [-0.05, 0) is 44.4 Å². The van der Waals surface area contributed by atoms with Crippen LogP contribution in [0, 0.1) is 0 Å². The van der Waals surface area contributed by atoms with Crippen LogP contribution >= 0.6 is 24.0 Å². The van der Waals surface area contributed by atoms with Crippen molar-refractivity contribution in [2.75, 3.05) is 13.1 Å². The van der Waals surface area contributed by atoms with Gasteiger partial charge in [-0.15, -0.1) is 34.2 Å². The Bertz CT molecular complexity index is 967. The fourth-order valence-electron chi connectivity index (χ4n) is 3.78. The van der Waals surface area contributed by atoms with Gasteiger partial charge in [0.2, 0.25) is 0 Å². The number of benzene rings is 1. The molecule has 0 aliphatic carbocycles. The Kier molecular flexibility index (Phi) is 10.4. The topological polar surface area (TPSA) is 78.6 Å². The highest BCUT2D eigenvalue weighted by Gasteiger charge is 2.28. The van der Waals surface area contributed by atoms with Crippen molar-refractivity contribution >= 4 is 35.6 Å². The van der Waals surface area contributed by atoms with Crippen LogP contribution in [0.3, 0.4) is 0 Å². The van der Waals surface area contributed by atoms with Crippen molar-refractivity contribution < 1.29 is 0 Å². The average molecular weight is 550 g/mol. The van der Waals surface area contributed by atoms with E-state index in [0.29, 0.717) is 6.54 Å². The third kappa shape index (κ3) is 6.65. The van der Waals surface area contributed by atoms with Crippen molar-refractivity contribution in [2.45, 2.75) is 58.7 Å². The van der Waals surface area contributed by atoms with Crippen LogP contribution in [-0.4, -0.2) is 39.2 Å². The molecule has 0 saturated carbocycles. The Morgan fingerprint density at radius 3 is 2.41 bits per heavy atom. The molecule has 8 heteroatoms. The summed E-state index contributed by atoms with van der Waals surface area (Å²) in [6, 6.07) is 16.7. The second-order valence-corrected chi connectivity index (χ2v) is 7.86. The van der Waals surface area contributed by atoms with E-state index >= 15 is 0 Å². The minimum atomic E-state index is -0.0347. The third-order valence-corrected chi connectivity index (χ3v) is 5.88. The lowest BCUT2D eigenvalue weighted by atomic mass is 9.90. The second-order valence-electron chi connectivity index (χ2n) is 7.86. The van der Waals surface area contributed by atoms with Crippen molar-refractivity contribution in [1.82, 2.24) is 30.5 Å². The third-order valence-electron chi connectivity index (χ3n) is 5.88. The van der Waals surface area contributed by atoms with Gasteiger partial charge in [0.25, 0.3) is 0 Å². The van der Waals surface area contributed by atoms with Gasteiger partial charge in [-0.2, -0.15) is 0 Å². The highest BCUT2D eigenvalue weighted by atomic mass is 127. The van der Waals surface area contributed by atoms with Crippen molar-refractivity contribution in [1.29, 1.82) is 0 Å². The molecular formula is C24H36IN7. The highest BCUT2D eigenvalue weighted by Crippen LogP contribution is 2.21. The van der Waals surface area contributed by atoms with Gasteiger partial charge in [0.05, 0.1) is 0 Å². The molecule has 0 bridgehead atoms. The summed E-state index contributed by atoms with van der Waals surface area (Å²) in [5, 5.41) is 19.3. The summed E-state index contributed by atoms with van der Waals surface area (Å²) in [6.07, 6.45) is 4.00. The molecule has 1 atom stereocenters. The number of halogens is 1. The zero-order valence-corrected chi connectivity index (χ0v) is 21.8. The molecule has 1 unspecified atom stereocenters. The van der Waals surface area contributed by atoms with E-state index in [-0.39, 0.29) is 35.6 Å². The van der Waals surface area contributed by atoms with E-state index in [9.17, 15) is 0 Å². The maximum absolute atomic E-state index is 4.76. The first-order valence-corrected chi connectivity index (χ1v) is 11.2. The number of aliphatic imine (C=N–C) groups is 1. The van der Waals surface area contributed by atoms with Gasteiger partial charge in [0.15, 0.2) is 17.4 Å². The Morgan fingerprint density at radius 2 is 1.72 bits per heavy atom. The van der Waals surface area contributed by atoms with Gasteiger partial charge in [0.1, 0.15) is 6.54 Å². The van der Waals surface area contributed by atoms with Gasteiger partial charge in [-0.3, -0.25) is 4.40 Å². The minimum absolute atomic E-state index is 0. The van der Waals surface area contributed by atoms with Gasteiger partial charge in [0, 0.05) is 30.9 Å². The van der Waals surface area contributed by atoms with Gasteiger partial charge in [-0.1, -0.05) is 50.2 Å². The zero-order chi connectivity index (χ0) is 22.1. The number of hydrogen-bond donors (Lipinski definition) is 3. The quantitative estimate of drug-likeness (QED) is 0.200. The minimum Gasteiger partial charge on any atom is -0.357 e. The normalized spacial score (nSPS) is 12.9. The lowest BCUT2D eigenvalue weighted by molar-refractivity contribution is 0.271. The summed E-state index contributed by atoms with van der Waals surface area (Å²) in [5.74, 6) is 1.61. The summed E-state index contributed by atoms with van der Waals surface area (Å²) in [4.78, 5) is 4.76. The summed E-state index contributed by atoms with van der Waals surface area (Å²) in [7, 11) is 0. The van der Waals surface area contributed by atoms with E-state index in [1.165, 1.54) is 5.56 Å². The van der Waals surface area contributed by atoms with Crippen LogP contribution < -0.4 is 16.0 Å². The number of guanidine groups is 1. The van der Waals surface area contributed by atoms with E-state index in [1.54, 1.807) is 0 Å². The van der Waals surface area contributed by atoms with Crippen molar-refractivity contribution in [3.05, 3.63) is 66.1 Å². The SMILES string of the molecule is CCNC(=NCc1nnc2ccccn12)NCC(CC)(CC)NC(C)c1ccccc1.I. The Balaban J connectivity index is 0.00000363. The molecule has 3 N–H and O–H groups in total. The molecule has 0 spiro atoms. The van der Waals surface area contributed by atoms with Crippen molar-refractivity contribution in [3.63, 3.8) is 0 Å². The smallest absolute Gasteiger partial charge is 0.191 e. The second kappa shape index (κ2) is 12.7. The highest BCUT2D eigenvalue weighted by molar-refractivity contribution is 14.0. The van der Waals surface area contributed by atoms with Crippen LogP contribution in [0.25, 0.3) is 5.65 Å². The van der Waals surface area contributed by atoms with E-state index < -0.39 is 0 Å². The maximum Gasteiger partial charge on any atom is 0.191 e. The molecule has 174 valence electrons. The average Bonchev–Trinajstić information content (AvgIpc) is 3.23. The molecule has 0 radical (unpaired) electrons. The monoisotopic (exact) mass is 549 g/mol. The predicted octanol–water partition coefficient (Wildman–Crippen LogP) is 4.31. The molecule has 3 rings (SSSR count). The Labute approximate surface area is 208 Å². The molecule has 2 aromatic heterocycles. The van der Waals surface area contributed by atoms with Crippen molar-refractivity contribution in [3.8, 4) is 0 Å². The zero-order valence-electron chi connectivity index (χ0n) is 19.5. The van der Waals surface area contributed by atoms with E-state index in [4.69, 9.17) is 4.99 Å². The first-order valence-electron chi connectivity index (χ1n) is 11.2. The largest absolute Gasteiger partial charge is 0.357 e. The predicted molar refractivity (Wildman–Crippen MR) is 143 cm³/mol. The number of fused-ring (bicyclic) bond motifs is 1. The number of nitrogens with one attached hydrogen (secondary N) is 3. The number of rotatable bonds is 10. The molecule has 2 heterocycles. The first-order chi connectivity index (χ1) is 15.1. The summed E-state index contributed by atoms with van der Waals surface area (Å²) in [6.45, 7) is 10.8. The van der Waals surface area contributed by atoms with E-state index in [1.807, 2.05) is 28.8 Å². The summed E-state index contributed by atoms with van der Waals surface area (Å²) < 4.78 is 1.97. The Hall–Kier alpha value is -2.20. The Morgan fingerprint density at radius 1 is 1.00 bits per heavy atom. The van der Waals surface area contributed by atoms with Crippen molar-refractivity contribution in [2.24, 2.45) is 4.99 Å². The van der Waals surface area contributed by atoms with Crippen LogP contribution in [0.5, 0.6) is 0 Å². The lowest BCUT2D eigenvalue weighted by Gasteiger charge is -2.37. The molecule has 7 nitrogen and oxygen atoms in total. The molecule has 3 aromatic rings. The maximum atomic E-state index is 4.76. The van der Waals surface area contributed by atoms with E-state index in [0.717, 1.165) is 43.4 Å². The van der Waals surface area contributed by atoms with Gasteiger partial charge >= 0.3 is 0 Å². The molecule has 0 aliphatic rings. The molecule has 0 fully saturated rings.